The zero-order chi connectivity index (χ0) is 91.0. The van der Waals surface area contributed by atoms with Crippen LogP contribution in [0.2, 0.25) is 0 Å². The van der Waals surface area contributed by atoms with Crippen molar-refractivity contribution in [1.82, 2.24) is 4.57 Å². The fraction of sp³-hybridized carbons (Fsp3) is 0. The summed E-state index contributed by atoms with van der Waals surface area (Å²) in [5.74, 6) is 0. The number of furan rings is 3. The molecule has 0 N–H and O–H groups in total. The minimum absolute atomic E-state index is 0.0390. The molecule has 4 heterocycles. The molecule has 0 aliphatic heterocycles. The molecule has 0 atom stereocenters. The summed E-state index contributed by atoms with van der Waals surface area (Å²) >= 11 is 0. The third kappa shape index (κ3) is 9.25. The predicted molar refractivity (Wildman–Crippen MR) is 437 cm³/mol. The van der Waals surface area contributed by atoms with Crippen molar-refractivity contribution in [1.29, 1.82) is 0 Å². The Bertz CT molecular complexity index is 8630. The van der Waals surface area contributed by atoms with Gasteiger partial charge in [0.05, 0.1) is 52.4 Å². The summed E-state index contributed by atoms with van der Waals surface area (Å²) in [6, 6.07) is 50.5. The Balaban J connectivity index is 0.000000157. The normalized spacial score (nSPS) is 15.3. The molecule has 4 heteroatoms. The summed E-state index contributed by atoms with van der Waals surface area (Å²) in [6.45, 7) is 0. The van der Waals surface area contributed by atoms with Crippen LogP contribution in [0.15, 0.2) is 383 Å². The van der Waals surface area contributed by atoms with Gasteiger partial charge < -0.3 is 17.8 Å². The van der Waals surface area contributed by atoms with E-state index >= 15 is 0 Å². The summed E-state index contributed by atoms with van der Waals surface area (Å²) in [5, 5.41) is 5.49. The van der Waals surface area contributed by atoms with Crippen LogP contribution in [0.1, 0.15) is 35.6 Å². The smallest absolute Gasteiger partial charge is 0.143 e. The molecule has 0 saturated heterocycles. The van der Waals surface area contributed by atoms with E-state index < -0.39 is 168 Å². The van der Waals surface area contributed by atoms with Crippen molar-refractivity contribution < 1.29 is 48.9 Å². The second kappa shape index (κ2) is 24.0. The highest BCUT2D eigenvalue weighted by Gasteiger charge is 2.26. The molecule has 0 amide bonds. The fourth-order valence-electron chi connectivity index (χ4n) is 15.5. The number of benzene rings is 18. The summed E-state index contributed by atoms with van der Waals surface area (Å²) in [4.78, 5) is 0. The van der Waals surface area contributed by atoms with Gasteiger partial charge >= 0.3 is 0 Å². The van der Waals surface area contributed by atoms with Crippen LogP contribution < -0.4 is 0 Å². The first-order valence-electron chi connectivity index (χ1n) is 46.5. The van der Waals surface area contributed by atoms with Crippen molar-refractivity contribution in [3.63, 3.8) is 0 Å². The van der Waals surface area contributed by atoms with Crippen LogP contribution in [-0.2, 0) is 0 Å². The van der Waals surface area contributed by atoms with Crippen LogP contribution >= 0.6 is 0 Å². The molecular weight excluding hydrogens is 1260 g/mol. The second-order valence-electron chi connectivity index (χ2n) is 25.2. The van der Waals surface area contributed by atoms with Gasteiger partial charge in [0, 0.05) is 59.8 Å². The highest BCUT2D eigenvalue weighted by atomic mass is 16.3. The lowest BCUT2D eigenvalue weighted by Gasteiger charge is -2.19. The molecule has 4 aromatic heterocycles. The first kappa shape index (κ1) is 38.7. The van der Waals surface area contributed by atoms with E-state index in [0.717, 1.165) is 82.1 Å². The Morgan fingerprint density at radius 3 is 1.03 bits per heavy atom. The monoisotopic (exact) mass is 1350 g/mol. The van der Waals surface area contributed by atoms with E-state index in [1.807, 2.05) is 158 Å². The highest BCUT2D eigenvalue weighted by molar-refractivity contribution is 6.25. The largest absolute Gasteiger partial charge is 0.456 e. The van der Waals surface area contributed by atoms with Gasteiger partial charge in [0.1, 0.15) is 33.5 Å². The minimum Gasteiger partial charge on any atom is -0.456 e. The Kier molecular flexibility index (Phi) is 8.91. The molecule has 22 rings (SSSR count). The van der Waals surface area contributed by atoms with Gasteiger partial charge in [0.15, 0.2) is 0 Å². The van der Waals surface area contributed by atoms with Crippen LogP contribution in [0, 0.1) is 0 Å². The molecule has 104 heavy (non-hydrogen) atoms. The molecule has 0 spiro atoms. The van der Waals surface area contributed by atoms with Gasteiger partial charge in [0.25, 0.3) is 0 Å². The number of hydrogen-bond donors (Lipinski definition) is 0. The van der Waals surface area contributed by atoms with Gasteiger partial charge in [-0.15, -0.1) is 0 Å². The standard InChI is InChI=1S/C50H31NO.C50H30O2/c1-2-15-32(16-3-1)47-37-21-4-6-23-39(37)48(40-24-7-5-22-38(40)47)33-17-14-18-34(31-33)49-44(29-30-46-50(49)41-25-10-13-28-45(41)52-46)51-42-26-11-8-19-35(42)36-20-9-12-27-43(36)51;1-2-14-31(15-3-1)46-35-19-4-6-21-37(35)47(38-22-7-5-20-36(38)46)32-16-12-17-33(30-32)48-39(28-29-45-49(48)42-23-9-11-27-44(42)51-45)41-25-13-24-40-34-18-8-10-26-43(34)52-50(40)41/h1-31H;1-30H/i1D,2D,3D,4D,5D,6D,7D,15D,16D,21D,22D,23D,24D;1D,2D,3D,4D,5D,6D,7D,14D,15D,19D,20D,21D,22D. The first-order chi connectivity index (χ1) is 62.4. The Hall–Kier alpha value is -13.8. The molecule has 0 radical (unpaired) electrons. The number of nitrogens with zero attached hydrogens (tertiary/aromatic N) is 1. The molecule has 0 unspecified atom stereocenters. The molecule has 0 fully saturated rings. The van der Waals surface area contributed by atoms with Gasteiger partial charge in [0.2, 0.25) is 0 Å². The molecule has 0 saturated carbocycles. The summed E-state index contributed by atoms with van der Waals surface area (Å²) in [5.41, 5.74) is 10.1. The van der Waals surface area contributed by atoms with E-state index in [-0.39, 0.29) is 65.3 Å². The van der Waals surface area contributed by atoms with Gasteiger partial charge in [-0.05, 0) is 171 Å². The van der Waals surface area contributed by atoms with Gasteiger partial charge in [-0.2, -0.15) is 0 Å². The second-order valence-corrected chi connectivity index (χ2v) is 25.2. The number of hydrogen-bond acceptors (Lipinski definition) is 3. The van der Waals surface area contributed by atoms with Crippen LogP contribution in [0.4, 0.5) is 0 Å². The molecule has 0 aliphatic carbocycles. The van der Waals surface area contributed by atoms with Crippen LogP contribution in [0.25, 0.3) is 214 Å². The maximum absolute atomic E-state index is 9.48. The predicted octanol–water partition coefficient (Wildman–Crippen LogP) is 28.5. The number of rotatable bonds is 8. The zero-order valence-corrected chi connectivity index (χ0v) is 54.4. The first-order valence-corrected chi connectivity index (χ1v) is 33.5. The maximum atomic E-state index is 9.48. The van der Waals surface area contributed by atoms with Crippen molar-refractivity contribution in [3.05, 3.63) is 369 Å². The molecule has 18 aromatic carbocycles. The maximum Gasteiger partial charge on any atom is 0.143 e. The molecule has 22 aromatic rings. The van der Waals surface area contributed by atoms with Gasteiger partial charge in [-0.3, -0.25) is 0 Å². The van der Waals surface area contributed by atoms with Crippen LogP contribution in [0.3, 0.4) is 0 Å². The van der Waals surface area contributed by atoms with Crippen molar-refractivity contribution in [2.45, 2.75) is 0 Å². The third-order valence-corrected chi connectivity index (χ3v) is 19.7. The van der Waals surface area contributed by atoms with Crippen LogP contribution in [0.5, 0.6) is 0 Å². The van der Waals surface area contributed by atoms with Crippen molar-refractivity contribution in [2.24, 2.45) is 0 Å². The highest BCUT2D eigenvalue weighted by Crippen LogP contribution is 2.51. The van der Waals surface area contributed by atoms with Gasteiger partial charge in [-0.1, -0.05) is 303 Å². The van der Waals surface area contributed by atoms with Crippen molar-refractivity contribution in [3.8, 4) is 83.6 Å². The Morgan fingerprint density at radius 1 is 0.212 bits per heavy atom. The summed E-state index contributed by atoms with van der Waals surface area (Å²) in [6.07, 6.45) is 0. The molecule has 0 bridgehead atoms. The topological polar surface area (TPSA) is 44.4 Å². The van der Waals surface area contributed by atoms with E-state index in [9.17, 15) is 11.0 Å². The number of fused-ring (bicyclic) bond motifs is 16. The lowest BCUT2D eigenvalue weighted by molar-refractivity contribution is 0.668. The van der Waals surface area contributed by atoms with Gasteiger partial charge in [-0.25, -0.2) is 0 Å². The molecular formula is C100H61NO3. The van der Waals surface area contributed by atoms with E-state index in [0.29, 0.717) is 55.8 Å². The van der Waals surface area contributed by atoms with E-state index in [2.05, 4.69) is 28.8 Å². The minimum atomic E-state index is -0.726. The Labute approximate surface area is 634 Å². The van der Waals surface area contributed by atoms with Crippen molar-refractivity contribution in [2.75, 3.05) is 0 Å². The van der Waals surface area contributed by atoms with E-state index in [1.165, 1.54) is 0 Å². The summed E-state index contributed by atoms with van der Waals surface area (Å²) in [7, 11) is 0. The molecule has 4 nitrogen and oxygen atoms in total. The van der Waals surface area contributed by atoms with Crippen LogP contribution in [-0.4, -0.2) is 4.57 Å². The Morgan fingerprint density at radius 2 is 0.558 bits per heavy atom. The van der Waals surface area contributed by atoms with E-state index in [4.69, 9.17) is 37.9 Å². The number of aromatic nitrogens is 1. The average Bonchev–Trinajstić information content (AvgIpc) is 1.40. The SMILES string of the molecule is [2H]c1c([2H])c([2H])c(-c2c3c([2H])c([2H])c([2H])c([2H])c3c(-c3cccc(-c4c(-c5cccc6c5oc5ccccc56)ccc5oc6ccccc6c45)c3)c3c([2H])c([2H])c([2H])c([2H])c23)c([2H])c1[2H].[2H]c1c([2H])c([2H])c(-c2c3c([2H])c([2H])c([2H])c([2H])c3c(-c3cccc(-c4c(-n5c6ccccc6c6ccccc65)ccc5oc6ccccc6c45)c3)c3c([2H])c([2H])c([2H])c([2H])c23)c([2H])c1[2H]. The lowest BCUT2D eigenvalue weighted by Crippen LogP contribution is -1.98. The quantitative estimate of drug-likeness (QED) is 0.142. The molecule has 484 valence electrons. The fourth-order valence-corrected chi connectivity index (χ4v) is 15.5. The van der Waals surface area contributed by atoms with Crippen molar-refractivity contribution >= 4 is 131 Å². The van der Waals surface area contributed by atoms with E-state index in [1.54, 1.807) is 30.3 Å². The lowest BCUT2D eigenvalue weighted by atomic mass is 9.84. The zero-order valence-electron chi connectivity index (χ0n) is 80.4. The molecule has 0 aliphatic rings. The third-order valence-electron chi connectivity index (χ3n) is 19.7. The summed E-state index contributed by atoms with van der Waals surface area (Å²) < 4.78 is 255. The average molecular weight is 1350 g/mol. The number of para-hydroxylation sites is 6.